The van der Waals surface area contributed by atoms with Gasteiger partial charge in [0.1, 0.15) is 5.65 Å². The summed E-state index contributed by atoms with van der Waals surface area (Å²) in [6.45, 7) is 1.58. The zero-order valence-electron chi connectivity index (χ0n) is 12.0. The van der Waals surface area contributed by atoms with Crippen molar-refractivity contribution in [1.29, 1.82) is 0 Å². The Morgan fingerprint density at radius 3 is 2.90 bits per heavy atom. The number of thiophene rings is 1. The van der Waals surface area contributed by atoms with Crippen molar-refractivity contribution in [3.8, 4) is 0 Å². The Morgan fingerprint density at radius 2 is 2.19 bits per heavy atom. The zero-order chi connectivity index (χ0) is 14.8. The van der Waals surface area contributed by atoms with Gasteiger partial charge >= 0.3 is 0 Å². The Labute approximate surface area is 133 Å². The molecule has 0 bridgehead atoms. The molecule has 0 amide bonds. The third kappa shape index (κ3) is 2.90. The second-order valence-corrected chi connectivity index (χ2v) is 6.70. The molecule has 110 valence electrons. The van der Waals surface area contributed by atoms with Crippen molar-refractivity contribution in [3.05, 3.63) is 51.4 Å². The molecule has 0 aliphatic carbocycles. The Kier molecular flexibility index (Phi) is 4.14. The van der Waals surface area contributed by atoms with Crippen molar-refractivity contribution in [2.24, 2.45) is 0 Å². The van der Waals surface area contributed by atoms with E-state index in [9.17, 15) is 0 Å². The van der Waals surface area contributed by atoms with Crippen LogP contribution in [0.2, 0.25) is 4.34 Å². The first-order valence-electron chi connectivity index (χ1n) is 6.75. The van der Waals surface area contributed by atoms with Gasteiger partial charge in [-0.1, -0.05) is 17.7 Å². The minimum atomic E-state index is 0.774. The normalized spacial score (nSPS) is 11.2. The van der Waals surface area contributed by atoms with Crippen LogP contribution in [-0.4, -0.2) is 23.5 Å². The van der Waals surface area contributed by atoms with Gasteiger partial charge in [-0.15, -0.1) is 11.3 Å². The SMILES string of the molecule is CNCc1c(N(C)Cc2ccc(Cl)s2)nc2ccccn12. The summed E-state index contributed by atoms with van der Waals surface area (Å²) < 4.78 is 2.95. The average Bonchev–Trinajstić information content (AvgIpc) is 3.04. The van der Waals surface area contributed by atoms with Gasteiger partial charge in [-0.25, -0.2) is 4.98 Å². The summed E-state index contributed by atoms with van der Waals surface area (Å²) in [5, 5.41) is 3.22. The van der Waals surface area contributed by atoms with Gasteiger partial charge in [-0.05, 0) is 31.3 Å². The van der Waals surface area contributed by atoms with Crippen LogP contribution in [0, 0.1) is 0 Å². The lowest BCUT2D eigenvalue weighted by atomic mass is 10.3. The summed E-state index contributed by atoms with van der Waals surface area (Å²) in [5.41, 5.74) is 2.13. The molecule has 3 aromatic rings. The lowest BCUT2D eigenvalue weighted by Gasteiger charge is -2.17. The fourth-order valence-corrected chi connectivity index (χ4v) is 3.56. The number of aromatic nitrogens is 2. The second-order valence-electron chi connectivity index (χ2n) is 4.90. The molecule has 3 heterocycles. The minimum absolute atomic E-state index is 0.774. The van der Waals surface area contributed by atoms with Gasteiger partial charge in [-0.2, -0.15) is 0 Å². The fourth-order valence-electron chi connectivity index (χ4n) is 2.42. The molecule has 21 heavy (non-hydrogen) atoms. The van der Waals surface area contributed by atoms with Crippen molar-refractivity contribution in [1.82, 2.24) is 14.7 Å². The Bertz CT molecular complexity index is 749. The summed E-state index contributed by atoms with van der Waals surface area (Å²) in [7, 11) is 4.01. The van der Waals surface area contributed by atoms with E-state index in [1.165, 1.54) is 10.6 Å². The molecule has 0 atom stereocenters. The number of pyridine rings is 1. The van der Waals surface area contributed by atoms with Crippen LogP contribution in [0.5, 0.6) is 0 Å². The second kappa shape index (κ2) is 6.05. The van der Waals surface area contributed by atoms with Crippen LogP contribution >= 0.6 is 22.9 Å². The highest BCUT2D eigenvalue weighted by Gasteiger charge is 2.15. The van der Waals surface area contributed by atoms with Crippen LogP contribution in [0.15, 0.2) is 36.5 Å². The van der Waals surface area contributed by atoms with E-state index in [1.807, 2.05) is 37.5 Å². The topological polar surface area (TPSA) is 32.6 Å². The summed E-state index contributed by atoms with van der Waals surface area (Å²) in [4.78, 5) is 8.15. The number of hydrogen-bond acceptors (Lipinski definition) is 4. The van der Waals surface area contributed by atoms with E-state index in [1.54, 1.807) is 11.3 Å². The first-order valence-corrected chi connectivity index (χ1v) is 7.94. The van der Waals surface area contributed by atoms with E-state index in [4.69, 9.17) is 16.6 Å². The number of fused-ring (bicyclic) bond motifs is 1. The fraction of sp³-hybridized carbons (Fsp3) is 0.267. The number of nitrogens with zero attached hydrogens (tertiary/aromatic N) is 3. The number of halogens is 1. The molecule has 0 saturated carbocycles. The number of hydrogen-bond donors (Lipinski definition) is 1. The lowest BCUT2D eigenvalue weighted by molar-refractivity contribution is 0.772. The molecule has 1 N–H and O–H groups in total. The van der Waals surface area contributed by atoms with E-state index in [2.05, 4.69) is 27.7 Å². The molecule has 0 fully saturated rings. The third-order valence-electron chi connectivity index (χ3n) is 3.34. The first kappa shape index (κ1) is 14.4. The quantitative estimate of drug-likeness (QED) is 0.782. The molecule has 4 nitrogen and oxygen atoms in total. The maximum atomic E-state index is 6.01. The van der Waals surface area contributed by atoms with Gasteiger partial charge in [0.05, 0.1) is 16.6 Å². The van der Waals surface area contributed by atoms with Gasteiger partial charge in [-0.3, -0.25) is 0 Å². The van der Waals surface area contributed by atoms with Crippen LogP contribution in [0.3, 0.4) is 0 Å². The van der Waals surface area contributed by atoms with Crippen molar-refractivity contribution in [2.75, 3.05) is 19.0 Å². The van der Waals surface area contributed by atoms with Crippen LogP contribution in [0.1, 0.15) is 10.6 Å². The molecule has 0 aromatic carbocycles. The van der Waals surface area contributed by atoms with Gasteiger partial charge in [0.15, 0.2) is 5.82 Å². The van der Waals surface area contributed by atoms with Crippen molar-refractivity contribution in [2.45, 2.75) is 13.1 Å². The molecular formula is C15H17ClN4S. The Hall–Kier alpha value is -1.56. The zero-order valence-corrected chi connectivity index (χ0v) is 13.6. The summed E-state index contributed by atoms with van der Waals surface area (Å²) in [5.74, 6) is 1.00. The summed E-state index contributed by atoms with van der Waals surface area (Å²) in [6.07, 6.45) is 2.05. The molecule has 0 aliphatic heterocycles. The maximum Gasteiger partial charge on any atom is 0.152 e. The van der Waals surface area contributed by atoms with Crippen molar-refractivity contribution >= 4 is 34.4 Å². The van der Waals surface area contributed by atoms with Crippen LogP contribution in [-0.2, 0) is 13.1 Å². The van der Waals surface area contributed by atoms with Gasteiger partial charge in [0.2, 0.25) is 0 Å². The number of imidazole rings is 1. The molecule has 0 spiro atoms. The largest absolute Gasteiger partial charge is 0.353 e. The van der Waals surface area contributed by atoms with E-state index >= 15 is 0 Å². The molecule has 3 aromatic heterocycles. The van der Waals surface area contributed by atoms with Gasteiger partial charge in [0.25, 0.3) is 0 Å². The Balaban J connectivity index is 1.96. The molecular weight excluding hydrogens is 304 g/mol. The third-order valence-corrected chi connectivity index (χ3v) is 4.55. The monoisotopic (exact) mass is 320 g/mol. The van der Waals surface area contributed by atoms with E-state index < -0.39 is 0 Å². The molecule has 6 heteroatoms. The van der Waals surface area contributed by atoms with E-state index in [0.29, 0.717) is 0 Å². The lowest BCUT2D eigenvalue weighted by Crippen LogP contribution is -2.19. The molecule has 0 aliphatic rings. The Morgan fingerprint density at radius 1 is 1.33 bits per heavy atom. The van der Waals surface area contributed by atoms with E-state index in [0.717, 1.165) is 28.9 Å². The average molecular weight is 321 g/mol. The van der Waals surface area contributed by atoms with Crippen LogP contribution in [0.25, 0.3) is 5.65 Å². The highest BCUT2D eigenvalue weighted by atomic mass is 35.5. The van der Waals surface area contributed by atoms with Crippen LogP contribution in [0.4, 0.5) is 5.82 Å². The van der Waals surface area contributed by atoms with Gasteiger partial charge < -0.3 is 14.6 Å². The highest BCUT2D eigenvalue weighted by Crippen LogP contribution is 2.26. The van der Waals surface area contributed by atoms with Gasteiger partial charge in [0, 0.05) is 24.7 Å². The number of rotatable bonds is 5. The molecule has 0 unspecified atom stereocenters. The maximum absolute atomic E-state index is 6.01. The minimum Gasteiger partial charge on any atom is -0.353 e. The summed E-state index contributed by atoms with van der Waals surface area (Å²) >= 11 is 7.62. The summed E-state index contributed by atoms with van der Waals surface area (Å²) in [6, 6.07) is 10.1. The van der Waals surface area contributed by atoms with Crippen molar-refractivity contribution < 1.29 is 0 Å². The van der Waals surface area contributed by atoms with E-state index in [-0.39, 0.29) is 0 Å². The predicted octanol–water partition coefficient (Wildman–Crippen LogP) is 3.41. The predicted molar refractivity (Wildman–Crippen MR) is 89.4 cm³/mol. The molecule has 0 radical (unpaired) electrons. The first-order chi connectivity index (χ1) is 10.2. The number of nitrogens with one attached hydrogen (secondary N) is 1. The highest BCUT2D eigenvalue weighted by molar-refractivity contribution is 7.16. The van der Waals surface area contributed by atoms with Crippen LogP contribution < -0.4 is 10.2 Å². The number of anilines is 1. The molecule has 0 saturated heterocycles. The molecule has 3 rings (SSSR count). The smallest absolute Gasteiger partial charge is 0.152 e. The van der Waals surface area contributed by atoms with Crippen molar-refractivity contribution in [3.63, 3.8) is 0 Å². The standard InChI is InChI=1S/C15H17ClN4S/c1-17-9-12-15(18-14-5-3-4-8-20(12)14)19(2)10-11-6-7-13(16)21-11/h3-8,17H,9-10H2,1-2H3.